The summed E-state index contributed by atoms with van der Waals surface area (Å²) in [5.74, 6) is -0.893. The Morgan fingerprint density at radius 2 is 2.04 bits per heavy atom. The SMILES string of the molecule is O=C(O)CCCC=CCC1C(F)CC(O)C1C=CC(O)COc1ccccc1. The fourth-order valence-corrected chi connectivity index (χ4v) is 3.42. The van der Waals surface area contributed by atoms with Gasteiger partial charge in [0, 0.05) is 24.7 Å². The second kappa shape index (κ2) is 11.6. The number of rotatable bonds is 11. The molecule has 5 unspecified atom stereocenters. The van der Waals surface area contributed by atoms with Gasteiger partial charge in [0.1, 0.15) is 24.6 Å². The number of para-hydroxylation sites is 1. The van der Waals surface area contributed by atoms with Gasteiger partial charge in [0.2, 0.25) is 0 Å². The van der Waals surface area contributed by atoms with Crippen LogP contribution in [0.25, 0.3) is 0 Å². The van der Waals surface area contributed by atoms with Crippen LogP contribution in [0.4, 0.5) is 4.39 Å². The standard InChI is InChI=1S/C22H29FO5/c23-20-14-21(25)19(18(20)10-6-1-2-7-11-22(26)27)13-12-16(24)15-28-17-8-4-3-5-9-17/h1,3-6,8-9,12-13,16,18-21,24-25H,2,7,10-11,14-15H2,(H,26,27). The first-order valence-corrected chi connectivity index (χ1v) is 9.70. The minimum absolute atomic E-state index is 0.0799. The Morgan fingerprint density at radius 3 is 2.75 bits per heavy atom. The van der Waals surface area contributed by atoms with Crippen LogP contribution >= 0.6 is 0 Å². The third kappa shape index (κ3) is 7.44. The first-order valence-electron chi connectivity index (χ1n) is 9.70. The fraction of sp³-hybridized carbons (Fsp3) is 0.500. The lowest BCUT2D eigenvalue weighted by Gasteiger charge is -2.19. The lowest BCUT2D eigenvalue weighted by molar-refractivity contribution is -0.137. The van der Waals surface area contributed by atoms with Crippen molar-refractivity contribution in [3.05, 3.63) is 54.6 Å². The number of unbranched alkanes of at least 4 members (excludes halogenated alkanes) is 1. The molecule has 3 N–H and O–H groups in total. The molecule has 0 spiro atoms. The second-order valence-corrected chi connectivity index (χ2v) is 7.13. The number of hydrogen-bond donors (Lipinski definition) is 3. The van der Waals surface area contributed by atoms with Gasteiger partial charge in [-0.25, -0.2) is 4.39 Å². The van der Waals surface area contributed by atoms with Crippen molar-refractivity contribution in [3.8, 4) is 5.75 Å². The van der Waals surface area contributed by atoms with Crippen LogP contribution in [-0.2, 0) is 4.79 Å². The van der Waals surface area contributed by atoms with E-state index in [0.717, 1.165) is 0 Å². The summed E-state index contributed by atoms with van der Waals surface area (Å²) in [6.07, 6.45) is 6.08. The molecule has 1 saturated carbocycles. The molecule has 1 fully saturated rings. The maximum absolute atomic E-state index is 14.3. The highest BCUT2D eigenvalue weighted by molar-refractivity contribution is 5.66. The lowest BCUT2D eigenvalue weighted by Crippen LogP contribution is -2.20. The zero-order valence-corrected chi connectivity index (χ0v) is 15.9. The molecule has 1 aliphatic carbocycles. The summed E-state index contributed by atoms with van der Waals surface area (Å²) < 4.78 is 19.8. The molecule has 1 aliphatic rings. The summed E-state index contributed by atoms with van der Waals surface area (Å²) in [4.78, 5) is 10.5. The highest BCUT2D eigenvalue weighted by Gasteiger charge is 2.40. The van der Waals surface area contributed by atoms with Crippen molar-refractivity contribution in [1.29, 1.82) is 0 Å². The molecule has 28 heavy (non-hydrogen) atoms. The molecule has 0 aromatic heterocycles. The number of benzene rings is 1. The van der Waals surface area contributed by atoms with Crippen LogP contribution in [0, 0.1) is 11.8 Å². The predicted molar refractivity (Wildman–Crippen MR) is 105 cm³/mol. The van der Waals surface area contributed by atoms with Gasteiger partial charge in [-0.05, 0) is 31.4 Å². The van der Waals surface area contributed by atoms with Crippen molar-refractivity contribution >= 4 is 5.97 Å². The van der Waals surface area contributed by atoms with Crippen molar-refractivity contribution in [2.45, 2.75) is 50.5 Å². The molecule has 5 atom stereocenters. The summed E-state index contributed by atoms with van der Waals surface area (Å²) >= 11 is 0. The first kappa shape index (κ1) is 22.1. The van der Waals surface area contributed by atoms with E-state index in [4.69, 9.17) is 9.84 Å². The van der Waals surface area contributed by atoms with Gasteiger partial charge in [-0.15, -0.1) is 0 Å². The summed E-state index contributed by atoms with van der Waals surface area (Å²) in [5.41, 5.74) is 0. The first-order chi connectivity index (χ1) is 13.5. The number of aliphatic carboxylic acids is 1. The van der Waals surface area contributed by atoms with E-state index in [2.05, 4.69) is 0 Å². The number of ether oxygens (including phenoxy) is 1. The number of hydrogen-bond acceptors (Lipinski definition) is 4. The normalized spacial score (nSPS) is 26.1. The van der Waals surface area contributed by atoms with Gasteiger partial charge >= 0.3 is 5.97 Å². The maximum Gasteiger partial charge on any atom is 0.303 e. The number of carboxylic acid groups (broad SMARTS) is 1. The zero-order chi connectivity index (χ0) is 20.4. The Balaban J connectivity index is 1.82. The van der Waals surface area contributed by atoms with Crippen LogP contribution in [0.2, 0.25) is 0 Å². The van der Waals surface area contributed by atoms with Gasteiger partial charge in [-0.2, -0.15) is 0 Å². The zero-order valence-electron chi connectivity index (χ0n) is 15.9. The molecule has 1 aromatic carbocycles. The van der Waals surface area contributed by atoms with Gasteiger partial charge in [0.05, 0.1) is 6.10 Å². The molecule has 2 rings (SSSR count). The monoisotopic (exact) mass is 392 g/mol. The topological polar surface area (TPSA) is 87.0 Å². The van der Waals surface area contributed by atoms with Crippen LogP contribution in [0.5, 0.6) is 5.75 Å². The van der Waals surface area contributed by atoms with E-state index >= 15 is 0 Å². The van der Waals surface area contributed by atoms with Crippen LogP contribution < -0.4 is 4.74 Å². The summed E-state index contributed by atoms with van der Waals surface area (Å²) in [6, 6.07) is 9.15. The van der Waals surface area contributed by atoms with Crippen LogP contribution in [0.3, 0.4) is 0 Å². The molecule has 154 valence electrons. The minimum Gasteiger partial charge on any atom is -0.491 e. The molecule has 0 amide bonds. The van der Waals surface area contributed by atoms with Gasteiger partial charge in [0.15, 0.2) is 0 Å². The molecule has 6 heteroatoms. The number of allylic oxidation sites excluding steroid dienone is 2. The average Bonchev–Trinajstić information content (AvgIpc) is 2.94. The second-order valence-electron chi connectivity index (χ2n) is 7.13. The molecule has 0 aliphatic heterocycles. The number of aliphatic hydroxyl groups is 2. The quantitative estimate of drug-likeness (QED) is 0.396. The number of alkyl halides is 1. The van der Waals surface area contributed by atoms with E-state index in [1.165, 1.54) is 0 Å². The number of halogens is 1. The molecular weight excluding hydrogens is 363 g/mol. The number of aliphatic hydroxyl groups excluding tert-OH is 2. The molecule has 1 aromatic rings. The smallest absolute Gasteiger partial charge is 0.303 e. The molecule has 0 saturated heterocycles. The van der Waals surface area contributed by atoms with E-state index in [0.29, 0.717) is 25.0 Å². The summed E-state index contributed by atoms with van der Waals surface area (Å²) in [7, 11) is 0. The van der Waals surface area contributed by atoms with Gasteiger partial charge in [-0.3, -0.25) is 4.79 Å². The van der Waals surface area contributed by atoms with Crippen molar-refractivity contribution < 1.29 is 29.2 Å². The third-order valence-electron chi connectivity index (χ3n) is 4.93. The Morgan fingerprint density at radius 1 is 1.29 bits per heavy atom. The largest absolute Gasteiger partial charge is 0.491 e. The van der Waals surface area contributed by atoms with Crippen LogP contribution in [0.1, 0.15) is 32.1 Å². The molecule has 5 nitrogen and oxygen atoms in total. The Labute approximate surface area is 165 Å². The van der Waals surface area contributed by atoms with Crippen molar-refractivity contribution in [2.75, 3.05) is 6.61 Å². The number of carbonyl (C=O) groups is 1. The summed E-state index contributed by atoms with van der Waals surface area (Å²) in [6.45, 7) is 0.0799. The fourth-order valence-electron chi connectivity index (χ4n) is 3.42. The average molecular weight is 392 g/mol. The lowest BCUT2D eigenvalue weighted by atomic mass is 9.90. The van der Waals surface area contributed by atoms with Crippen molar-refractivity contribution in [2.24, 2.45) is 11.8 Å². The number of carboxylic acids is 1. The van der Waals surface area contributed by atoms with Crippen LogP contribution in [-0.4, -0.2) is 46.3 Å². The highest BCUT2D eigenvalue weighted by atomic mass is 19.1. The third-order valence-corrected chi connectivity index (χ3v) is 4.93. The van der Waals surface area contributed by atoms with E-state index in [1.807, 2.05) is 30.4 Å². The van der Waals surface area contributed by atoms with E-state index in [1.54, 1.807) is 24.3 Å². The van der Waals surface area contributed by atoms with Gasteiger partial charge < -0.3 is 20.1 Å². The van der Waals surface area contributed by atoms with E-state index in [9.17, 15) is 19.4 Å². The van der Waals surface area contributed by atoms with E-state index in [-0.39, 0.29) is 31.3 Å². The Bertz CT molecular complexity index is 646. The molecule has 0 radical (unpaired) electrons. The van der Waals surface area contributed by atoms with Gasteiger partial charge in [0.25, 0.3) is 0 Å². The summed E-state index contributed by atoms with van der Waals surface area (Å²) in [5, 5.41) is 28.8. The molecule has 0 bridgehead atoms. The Hall–Kier alpha value is -2.18. The molecular formula is C22H29FO5. The highest BCUT2D eigenvalue weighted by Crippen LogP contribution is 2.38. The molecule has 0 heterocycles. The van der Waals surface area contributed by atoms with Crippen LogP contribution in [0.15, 0.2) is 54.6 Å². The van der Waals surface area contributed by atoms with Gasteiger partial charge in [-0.1, -0.05) is 42.5 Å². The Kier molecular flexibility index (Phi) is 9.17. The maximum atomic E-state index is 14.3. The van der Waals surface area contributed by atoms with Crippen molar-refractivity contribution in [1.82, 2.24) is 0 Å². The predicted octanol–water partition coefficient (Wildman–Crippen LogP) is 3.52. The van der Waals surface area contributed by atoms with E-state index < -0.39 is 24.3 Å². The minimum atomic E-state index is -1.11. The van der Waals surface area contributed by atoms with Crippen molar-refractivity contribution in [3.63, 3.8) is 0 Å².